The minimum atomic E-state index is -3.38. The summed E-state index contributed by atoms with van der Waals surface area (Å²) in [7, 11) is -3.38. The largest absolute Gasteiger partial charge is 0.269 e. The molecule has 0 saturated carbocycles. The number of rotatable bonds is 0. The average Bonchev–Trinajstić information content (AvgIpc) is 1.82. The quantitative estimate of drug-likeness (QED) is 0.459. The standard InChI is InChI=1S/C3H3NO3S/c5-3-1-2-8(6,7)4-3/h1-2H,(H,4,5). The molecule has 1 heterocycles. The summed E-state index contributed by atoms with van der Waals surface area (Å²) in [4.78, 5) is 10.1. The van der Waals surface area contributed by atoms with Gasteiger partial charge in [-0.15, -0.1) is 0 Å². The first-order valence-corrected chi connectivity index (χ1v) is 3.40. The summed E-state index contributed by atoms with van der Waals surface area (Å²) in [5.74, 6) is -0.579. The molecule has 1 aliphatic heterocycles. The van der Waals surface area contributed by atoms with Gasteiger partial charge in [-0.2, -0.15) is 0 Å². The van der Waals surface area contributed by atoms with Crippen molar-refractivity contribution in [3.8, 4) is 0 Å². The van der Waals surface area contributed by atoms with Gasteiger partial charge in [-0.3, -0.25) is 4.79 Å². The predicted molar refractivity (Wildman–Crippen MR) is 26.2 cm³/mol. The molecule has 5 heteroatoms. The van der Waals surface area contributed by atoms with Gasteiger partial charge in [-0.25, -0.2) is 13.1 Å². The van der Waals surface area contributed by atoms with Crippen molar-refractivity contribution in [2.75, 3.05) is 0 Å². The van der Waals surface area contributed by atoms with E-state index in [1.54, 1.807) is 4.72 Å². The van der Waals surface area contributed by atoms with Gasteiger partial charge in [0.25, 0.3) is 15.9 Å². The smallest absolute Gasteiger partial charge is 0.258 e. The van der Waals surface area contributed by atoms with Gasteiger partial charge in [-0.1, -0.05) is 0 Å². The number of hydrogen-bond donors (Lipinski definition) is 1. The van der Waals surface area contributed by atoms with Gasteiger partial charge in [0.1, 0.15) is 0 Å². The molecule has 1 amide bonds. The maximum Gasteiger partial charge on any atom is 0.258 e. The van der Waals surface area contributed by atoms with E-state index in [4.69, 9.17) is 0 Å². The van der Waals surface area contributed by atoms with Crippen molar-refractivity contribution in [2.24, 2.45) is 0 Å². The van der Waals surface area contributed by atoms with Crippen molar-refractivity contribution in [2.45, 2.75) is 0 Å². The molecule has 0 aromatic heterocycles. The van der Waals surface area contributed by atoms with Crippen LogP contribution >= 0.6 is 0 Å². The van der Waals surface area contributed by atoms with Crippen molar-refractivity contribution in [3.63, 3.8) is 0 Å². The van der Waals surface area contributed by atoms with Crippen LogP contribution < -0.4 is 4.72 Å². The highest BCUT2D eigenvalue weighted by Crippen LogP contribution is 1.94. The fourth-order valence-electron chi connectivity index (χ4n) is 0.360. The molecule has 0 unspecified atom stereocenters. The van der Waals surface area contributed by atoms with Crippen LogP contribution in [0.4, 0.5) is 0 Å². The highest BCUT2D eigenvalue weighted by Gasteiger charge is 2.14. The molecule has 8 heavy (non-hydrogen) atoms. The fourth-order valence-corrected chi connectivity index (χ4v) is 1.08. The third-order valence-electron chi connectivity index (χ3n) is 0.641. The molecule has 1 aliphatic rings. The summed E-state index contributed by atoms with van der Waals surface area (Å²) >= 11 is 0. The lowest BCUT2D eigenvalue weighted by molar-refractivity contribution is -0.114. The minimum absolute atomic E-state index is 0.579. The average molecular weight is 133 g/mol. The SMILES string of the molecule is O=C1C=CS(=O)(=O)N1. The molecular weight excluding hydrogens is 130 g/mol. The summed E-state index contributed by atoms with van der Waals surface area (Å²) in [5.41, 5.74) is 0. The highest BCUT2D eigenvalue weighted by molar-refractivity contribution is 7.93. The number of carbonyl (C=O) groups is 1. The lowest BCUT2D eigenvalue weighted by atomic mass is 10.6. The normalized spacial score (nSPS) is 23.2. The molecule has 0 radical (unpaired) electrons. The second kappa shape index (κ2) is 1.32. The van der Waals surface area contributed by atoms with Crippen LogP contribution in [0, 0.1) is 0 Å². The van der Waals surface area contributed by atoms with Crippen LogP contribution in [0.15, 0.2) is 11.5 Å². The second-order valence-electron chi connectivity index (χ2n) is 1.31. The van der Waals surface area contributed by atoms with Crippen LogP contribution in [0.1, 0.15) is 0 Å². The van der Waals surface area contributed by atoms with E-state index in [1.165, 1.54) is 0 Å². The van der Waals surface area contributed by atoms with Gasteiger partial charge in [0.15, 0.2) is 0 Å². The maximum absolute atomic E-state index is 10.2. The predicted octanol–water partition coefficient (Wildman–Crippen LogP) is -1.04. The Morgan fingerprint density at radius 2 is 2.12 bits per heavy atom. The van der Waals surface area contributed by atoms with E-state index >= 15 is 0 Å². The number of amides is 1. The molecule has 0 aliphatic carbocycles. The number of sulfonamides is 1. The summed E-state index contributed by atoms with van der Waals surface area (Å²) in [6, 6.07) is 0. The Morgan fingerprint density at radius 3 is 2.25 bits per heavy atom. The molecule has 0 aromatic carbocycles. The van der Waals surface area contributed by atoms with Gasteiger partial charge in [0.05, 0.1) is 5.41 Å². The summed E-state index contributed by atoms with van der Waals surface area (Å²) in [5, 5.41) is 0.829. The molecule has 0 saturated heterocycles. The Kier molecular flexibility index (Phi) is 0.872. The Hall–Kier alpha value is -0.840. The van der Waals surface area contributed by atoms with Crippen molar-refractivity contribution in [3.05, 3.63) is 11.5 Å². The van der Waals surface area contributed by atoms with E-state index < -0.39 is 15.9 Å². The number of nitrogens with one attached hydrogen (secondary N) is 1. The molecule has 0 fully saturated rings. The summed E-state index contributed by atoms with van der Waals surface area (Å²) in [6.07, 6.45) is 0.968. The van der Waals surface area contributed by atoms with Crippen molar-refractivity contribution in [1.82, 2.24) is 4.72 Å². The van der Waals surface area contributed by atoms with Crippen LogP contribution in [0.5, 0.6) is 0 Å². The molecule has 0 atom stereocenters. The van der Waals surface area contributed by atoms with E-state index in [9.17, 15) is 13.2 Å². The Labute approximate surface area is 46.2 Å². The Bertz CT molecular complexity index is 237. The minimum Gasteiger partial charge on any atom is -0.269 e. The van der Waals surface area contributed by atoms with Gasteiger partial charge in [-0.05, 0) is 0 Å². The lowest BCUT2D eigenvalue weighted by Gasteiger charge is -1.85. The molecule has 4 nitrogen and oxygen atoms in total. The van der Waals surface area contributed by atoms with E-state index in [0.29, 0.717) is 0 Å². The zero-order valence-electron chi connectivity index (χ0n) is 3.79. The van der Waals surface area contributed by atoms with E-state index in [0.717, 1.165) is 11.5 Å². The Balaban J connectivity index is 3.06. The van der Waals surface area contributed by atoms with Crippen LogP contribution in [0.3, 0.4) is 0 Å². The topological polar surface area (TPSA) is 63.2 Å². The van der Waals surface area contributed by atoms with Gasteiger partial charge in [0, 0.05) is 6.08 Å². The van der Waals surface area contributed by atoms with E-state index in [2.05, 4.69) is 0 Å². The Morgan fingerprint density at radius 1 is 1.50 bits per heavy atom. The fraction of sp³-hybridized carbons (Fsp3) is 0. The van der Waals surface area contributed by atoms with Crippen LogP contribution in [0.25, 0.3) is 0 Å². The molecule has 1 N–H and O–H groups in total. The van der Waals surface area contributed by atoms with Crippen LogP contribution in [0.2, 0.25) is 0 Å². The van der Waals surface area contributed by atoms with Crippen molar-refractivity contribution >= 4 is 15.9 Å². The first-order valence-electron chi connectivity index (χ1n) is 1.85. The molecule has 1 rings (SSSR count). The third-order valence-corrected chi connectivity index (χ3v) is 1.62. The molecule has 0 bridgehead atoms. The molecule has 0 spiro atoms. The maximum atomic E-state index is 10.2. The monoisotopic (exact) mass is 133 g/mol. The van der Waals surface area contributed by atoms with E-state index in [-0.39, 0.29) is 0 Å². The van der Waals surface area contributed by atoms with Crippen LogP contribution in [-0.4, -0.2) is 14.3 Å². The number of carbonyl (C=O) groups excluding carboxylic acids is 1. The lowest BCUT2D eigenvalue weighted by Crippen LogP contribution is -2.20. The van der Waals surface area contributed by atoms with Crippen molar-refractivity contribution in [1.29, 1.82) is 0 Å². The summed E-state index contributed by atoms with van der Waals surface area (Å²) in [6.45, 7) is 0. The molecule has 0 aromatic rings. The third kappa shape index (κ3) is 0.865. The highest BCUT2D eigenvalue weighted by atomic mass is 32.2. The van der Waals surface area contributed by atoms with Crippen molar-refractivity contribution < 1.29 is 13.2 Å². The van der Waals surface area contributed by atoms with E-state index in [1.807, 2.05) is 0 Å². The van der Waals surface area contributed by atoms with Gasteiger partial charge >= 0.3 is 0 Å². The van der Waals surface area contributed by atoms with Crippen LogP contribution in [-0.2, 0) is 14.8 Å². The van der Waals surface area contributed by atoms with Gasteiger partial charge in [0.2, 0.25) is 0 Å². The zero-order chi connectivity index (χ0) is 6.20. The second-order valence-corrected chi connectivity index (χ2v) is 2.88. The first-order chi connectivity index (χ1) is 3.60. The number of hydrogen-bond acceptors (Lipinski definition) is 3. The molecular formula is C3H3NO3S. The first kappa shape index (κ1) is 5.30. The molecule has 44 valence electrons. The summed E-state index contributed by atoms with van der Waals surface area (Å²) < 4.78 is 22.2. The van der Waals surface area contributed by atoms with Gasteiger partial charge < -0.3 is 0 Å². The zero-order valence-corrected chi connectivity index (χ0v) is 4.60.